The van der Waals surface area contributed by atoms with Crippen molar-refractivity contribution < 1.29 is 0 Å². The molecular formula is C60H38N8. The van der Waals surface area contributed by atoms with Crippen molar-refractivity contribution in [2.75, 3.05) is 0 Å². The molecule has 4 heterocycles. The number of hydrogen-bond donors (Lipinski definition) is 0. The minimum absolute atomic E-state index is 0.609. The Hall–Kier alpha value is -9.40. The summed E-state index contributed by atoms with van der Waals surface area (Å²) in [7, 11) is 0. The topological polar surface area (TPSA) is 87.2 Å². The molecule has 0 amide bonds. The van der Waals surface area contributed by atoms with Crippen LogP contribution in [0.5, 0.6) is 0 Å². The lowest BCUT2D eigenvalue weighted by atomic mass is 10.1. The molecule has 4 aromatic heterocycles. The molecule has 0 aliphatic rings. The molecule has 13 aromatic rings. The molecule has 8 nitrogen and oxygen atoms in total. The minimum Gasteiger partial charge on any atom is -0.309 e. The molecule has 68 heavy (non-hydrogen) atoms. The highest BCUT2D eigenvalue weighted by molar-refractivity contribution is 6.29. The Morgan fingerprint density at radius 3 is 0.838 bits per heavy atom. The summed E-state index contributed by atoms with van der Waals surface area (Å²) in [5, 5.41) is 4.70. The molecule has 8 heteroatoms. The molecule has 9 aromatic carbocycles. The number of benzene rings is 9. The normalized spacial score (nSPS) is 11.5. The Balaban J connectivity index is 0.981. The first-order valence-electron chi connectivity index (χ1n) is 22.6. The standard InChI is InChI=1S/C60H38N8/c1-5-19-39(20-6-1)55-61-56(40-21-7-2-8-22-40)64-59(63-55)43-27-17-29-45(37-43)67-49-33-15-13-31-47(49)53-51(67)35-36-52-54(53)48-32-14-16-34-50(48)68(52)46-30-18-28-44(38-46)60-65-57(41-23-9-3-10-24-41)62-58(66-60)42-25-11-4-12-26-42/h1-38H. The van der Waals surface area contributed by atoms with Gasteiger partial charge in [0.15, 0.2) is 34.9 Å². The lowest BCUT2D eigenvalue weighted by Gasteiger charge is -2.12. The van der Waals surface area contributed by atoms with Crippen molar-refractivity contribution in [2.24, 2.45) is 0 Å². The maximum atomic E-state index is 5.07. The zero-order valence-corrected chi connectivity index (χ0v) is 36.5. The second-order valence-corrected chi connectivity index (χ2v) is 16.7. The Bertz CT molecular complexity index is 3640. The molecule has 0 saturated carbocycles. The Labute approximate surface area is 391 Å². The molecule has 318 valence electrons. The molecule has 0 saturated heterocycles. The monoisotopic (exact) mass is 870 g/mol. The fraction of sp³-hybridized carbons (Fsp3) is 0. The molecule has 13 rings (SSSR count). The summed E-state index contributed by atoms with van der Waals surface area (Å²) in [4.78, 5) is 30.2. The number of aromatic nitrogens is 8. The van der Waals surface area contributed by atoms with Crippen molar-refractivity contribution >= 4 is 43.6 Å². The van der Waals surface area contributed by atoms with Crippen molar-refractivity contribution in [3.63, 3.8) is 0 Å². The zero-order valence-electron chi connectivity index (χ0n) is 36.5. The number of para-hydroxylation sites is 2. The van der Waals surface area contributed by atoms with Gasteiger partial charge in [-0.05, 0) is 48.5 Å². The lowest BCUT2D eigenvalue weighted by Crippen LogP contribution is -2.01. The maximum absolute atomic E-state index is 5.07. The predicted octanol–water partition coefficient (Wildman–Crippen LogP) is 14.3. The number of rotatable bonds is 8. The van der Waals surface area contributed by atoms with E-state index in [1.54, 1.807) is 0 Å². The average molecular weight is 871 g/mol. The van der Waals surface area contributed by atoms with E-state index in [-0.39, 0.29) is 0 Å². The summed E-state index contributed by atoms with van der Waals surface area (Å²) in [6, 6.07) is 79.4. The summed E-state index contributed by atoms with van der Waals surface area (Å²) in [5.74, 6) is 3.73. The average Bonchev–Trinajstić information content (AvgIpc) is 3.95. The van der Waals surface area contributed by atoms with Crippen LogP contribution in [0.2, 0.25) is 0 Å². The first-order valence-corrected chi connectivity index (χ1v) is 22.6. The summed E-state index contributed by atoms with van der Waals surface area (Å²) < 4.78 is 4.74. The molecule has 0 atom stereocenters. The SMILES string of the molecule is c1ccc(-c2nc(-c3ccccc3)nc(-c3cccc(-n4c5ccccc5c5c6c7ccccc7n(-c7cccc(-c8nc(-c9ccccc9)nc(-c9ccccc9)n8)c7)c6ccc54)c3)n2)cc1. The van der Waals surface area contributed by atoms with E-state index in [9.17, 15) is 0 Å². The van der Waals surface area contributed by atoms with E-state index in [1.807, 2.05) is 121 Å². The van der Waals surface area contributed by atoms with Gasteiger partial charge in [-0.2, -0.15) is 0 Å². The van der Waals surface area contributed by atoms with Crippen LogP contribution < -0.4 is 0 Å². The van der Waals surface area contributed by atoms with E-state index < -0.39 is 0 Å². The molecule has 0 aliphatic carbocycles. The van der Waals surface area contributed by atoms with Gasteiger partial charge < -0.3 is 9.13 Å². The Morgan fingerprint density at radius 1 is 0.221 bits per heavy atom. The summed E-state index contributed by atoms with van der Waals surface area (Å²) in [6.45, 7) is 0. The van der Waals surface area contributed by atoms with E-state index >= 15 is 0 Å². The van der Waals surface area contributed by atoms with E-state index in [2.05, 4.69) is 118 Å². The van der Waals surface area contributed by atoms with Crippen molar-refractivity contribution in [1.82, 2.24) is 39.0 Å². The molecule has 0 aliphatic heterocycles. The van der Waals surface area contributed by atoms with Gasteiger partial charge in [-0.15, -0.1) is 0 Å². The van der Waals surface area contributed by atoms with Crippen molar-refractivity contribution in [2.45, 2.75) is 0 Å². The number of hydrogen-bond acceptors (Lipinski definition) is 6. The van der Waals surface area contributed by atoms with Gasteiger partial charge in [0, 0.05) is 66.3 Å². The Morgan fingerprint density at radius 2 is 0.500 bits per heavy atom. The molecule has 0 spiro atoms. The van der Waals surface area contributed by atoms with Gasteiger partial charge in [0.05, 0.1) is 22.1 Å². The zero-order chi connectivity index (χ0) is 45.0. The van der Waals surface area contributed by atoms with Crippen LogP contribution in [-0.2, 0) is 0 Å². The smallest absolute Gasteiger partial charge is 0.164 e. The predicted molar refractivity (Wildman–Crippen MR) is 275 cm³/mol. The second kappa shape index (κ2) is 16.2. The van der Waals surface area contributed by atoms with Gasteiger partial charge in [-0.3, -0.25) is 0 Å². The molecule has 0 N–H and O–H groups in total. The summed E-state index contributed by atoms with van der Waals surface area (Å²) >= 11 is 0. The third kappa shape index (κ3) is 6.70. The third-order valence-corrected chi connectivity index (χ3v) is 12.6. The van der Waals surface area contributed by atoms with Crippen LogP contribution in [0.4, 0.5) is 0 Å². The van der Waals surface area contributed by atoms with Crippen LogP contribution >= 0.6 is 0 Å². The van der Waals surface area contributed by atoms with Gasteiger partial charge in [0.2, 0.25) is 0 Å². The van der Waals surface area contributed by atoms with Crippen LogP contribution in [0.1, 0.15) is 0 Å². The molecule has 0 fully saturated rings. The first-order chi connectivity index (χ1) is 33.7. The fourth-order valence-corrected chi connectivity index (χ4v) is 9.52. The highest BCUT2D eigenvalue weighted by atomic mass is 15.1. The van der Waals surface area contributed by atoms with Gasteiger partial charge >= 0.3 is 0 Å². The number of nitrogens with zero attached hydrogens (tertiary/aromatic N) is 8. The first kappa shape index (κ1) is 39.0. The van der Waals surface area contributed by atoms with Gasteiger partial charge in [0.1, 0.15) is 0 Å². The van der Waals surface area contributed by atoms with Crippen molar-refractivity contribution in [3.05, 3.63) is 231 Å². The maximum Gasteiger partial charge on any atom is 0.164 e. The van der Waals surface area contributed by atoms with Crippen molar-refractivity contribution in [1.29, 1.82) is 0 Å². The van der Waals surface area contributed by atoms with Crippen LogP contribution in [0, 0.1) is 0 Å². The van der Waals surface area contributed by atoms with E-state index in [0.717, 1.165) is 66.8 Å². The van der Waals surface area contributed by atoms with Gasteiger partial charge in [-0.1, -0.05) is 182 Å². The minimum atomic E-state index is 0.609. The highest BCUT2D eigenvalue weighted by Crippen LogP contribution is 2.43. The van der Waals surface area contributed by atoms with Gasteiger partial charge in [-0.25, -0.2) is 29.9 Å². The summed E-state index contributed by atoms with van der Waals surface area (Å²) in [5.41, 5.74) is 12.0. The molecular weight excluding hydrogens is 833 g/mol. The third-order valence-electron chi connectivity index (χ3n) is 12.6. The Kier molecular flexibility index (Phi) is 9.31. The van der Waals surface area contributed by atoms with Crippen LogP contribution in [0.3, 0.4) is 0 Å². The second-order valence-electron chi connectivity index (χ2n) is 16.7. The quantitative estimate of drug-likeness (QED) is 0.151. The van der Waals surface area contributed by atoms with E-state index in [0.29, 0.717) is 34.9 Å². The van der Waals surface area contributed by atoms with E-state index in [4.69, 9.17) is 29.9 Å². The fourth-order valence-electron chi connectivity index (χ4n) is 9.52. The molecule has 0 radical (unpaired) electrons. The largest absolute Gasteiger partial charge is 0.309 e. The molecule has 0 unspecified atom stereocenters. The van der Waals surface area contributed by atoms with Crippen molar-refractivity contribution in [3.8, 4) is 79.7 Å². The van der Waals surface area contributed by atoms with Crippen LogP contribution in [-0.4, -0.2) is 39.0 Å². The number of fused-ring (bicyclic) bond motifs is 7. The lowest BCUT2D eigenvalue weighted by molar-refractivity contribution is 1.07. The highest BCUT2D eigenvalue weighted by Gasteiger charge is 2.22. The van der Waals surface area contributed by atoms with Gasteiger partial charge in [0.25, 0.3) is 0 Å². The van der Waals surface area contributed by atoms with Crippen LogP contribution in [0.15, 0.2) is 231 Å². The van der Waals surface area contributed by atoms with Crippen LogP contribution in [0.25, 0.3) is 123 Å². The van der Waals surface area contributed by atoms with E-state index in [1.165, 1.54) is 21.5 Å². The summed E-state index contributed by atoms with van der Waals surface area (Å²) in [6.07, 6.45) is 0. The molecule has 0 bridgehead atoms.